The van der Waals surface area contributed by atoms with Crippen molar-refractivity contribution in [1.29, 1.82) is 0 Å². The van der Waals surface area contributed by atoms with Crippen molar-refractivity contribution in [3.8, 4) is 16.9 Å². The van der Waals surface area contributed by atoms with Gasteiger partial charge in [-0.15, -0.1) is 0 Å². The van der Waals surface area contributed by atoms with Gasteiger partial charge in [0.15, 0.2) is 0 Å². The second kappa shape index (κ2) is 12.4. The number of benzene rings is 4. The fourth-order valence-electron chi connectivity index (χ4n) is 6.77. The Kier molecular flexibility index (Phi) is 8.03. The fourth-order valence-corrected chi connectivity index (χ4v) is 6.77. The second-order valence-electron chi connectivity index (χ2n) is 13.0. The van der Waals surface area contributed by atoms with Crippen LogP contribution in [0.3, 0.4) is 0 Å². The van der Waals surface area contributed by atoms with Crippen LogP contribution < -0.4 is 4.74 Å². The highest BCUT2D eigenvalue weighted by Crippen LogP contribution is 2.42. The van der Waals surface area contributed by atoms with Gasteiger partial charge in [-0.3, -0.25) is 4.79 Å². The van der Waals surface area contributed by atoms with Crippen LogP contribution in [0.5, 0.6) is 5.75 Å². The molecule has 0 atom stereocenters. The molecule has 1 saturated carbocycles. The number of imidazole rings is 1. The number of pyridine rings is 1. The molecule has 1 N–H and O–H groups in total. The molecule has 0 radical (unpaired) electrons. The molecule has 6 nitrogen and oxygen atoms in total. The molecular weight excluding hydrogens is 570 g/mol. The molecule has 0 unspecified atom stereocenters. The molecule has 2 aromatic heterocycles. The minimum Gasteiger partial charge on any atom is -0.487 e. The summed E-state index contributed by atoms with van der Waals surface area (Å²) in [6, 6.07) is 35.5. The largest absolute Gasteiger partial charge is 0.487 e. The molecular formula is C40H39N3O3. The van der Waals surface area contributed by atoms with E-state index in [1.165, 1.54) is 16.7 Å². The van der Waals surface area contributed by atoms with Gasteiger partial charge in [0, 0.05) is 24.4 Å². The number of fused-ring (bicyclic) bond motifs is 2. The first-order valence-electron chi connectivity index (χ1n) is 16.3. The standard InChI is InChI=1S/C40H39N3O3/c1-27(2)29-13-15-31(16-14-29)30-11-9-28(10-12-30)25-43-37-20-19-34(46-26-33-18-17-32-7-3-4-8-35(32)41-33)23-36(37)42-38(43)24-40(39(44)45)21-5-6-22-40/h3-4,7-20,23,27H,5-6,21-22,24-26H2,1-2H3,(H,44,45). The average molecular weight is 610 g/mol. The van der Waals surface area contributed by atoms with Crippen LogP contribution in [0.25, 0.3) is 33.1 Å². The highest BCUT2D eigenvalue weighted by atomic mass is 16.5. The number of para-hydroxylation sites is 1. The lowest BCUT2D eigenvalue weighted by molar-refractivity contribution is -0.148. The van der Waals surface area contributed by atoms with E-state index in [0.717, 1.165) is 51.9 Å². The summed E-state index contributed by atoms with van der Waals surface area (Å²) in [6.07, 6.45) is 3.65. The molecule has 0 spiro atoms. The van der Waals surface area contributed by atoms with E-state index < -0.39 is 11.4 Å². The highest BCUT2D eigenvalue weighted by Gasteiger charge is 2.42. The summed E-state index contributed by atoms with van der Waals surface area (Å²) in [5.74, 6) is 1.30. The molecule has 0 aliphatic heterocycles. The minimum absolute atomic E-state index is 0.346. The topological polar surface area (TPSA) is 77.2 Å². The van der Waals surface area contributed by atoms with Crippen LogP contribution in [0.15, 0.2) is 103 Å². The van der Waals surface area contributed by atoms with Gasteiger partial charge in [-0.05, 0) is 65.3 Å². The maximum atomic E-state index is 12.5. The molecule has 6 aromatic rings. The summed E-state index contributed by atoms with van der Waals surface area (Å²) < 4.78 is 8.37. The molecule has 0 saturated heterocycles. The normalized spacial score (nSPS) is 14.3. The Hall–Kier alpha value is -4.97. The third-order valence-electron chi connectivity index (χ3n) is 9.56. The summed E-state index contributed by atoms with van der Waals surface area (Å²) >= 11 is 0. The molecule has 1 fully saturated rings. The Morgan fingerprint density at radius 3 is 2.28 bits per heavy atom. The van der Waals surface area contributed by atoms with Crippen LogP contribution in [-0.4, -0.2) is 25.6 Å². The van der Waals surface area contributed by atoms with Gasteiger partial charge in [-0.25, -0.2) is 9.97 Å². The summed E-state index contributed by atoms with van der Waals surface area (Å²) in [6.45, 7) is 5.37. The zero-order valence-electron chi connectivity index (χ0n) is 26.4. The fraction of sp³-hybridized carbons (Fsp3) is 0.275. The quantitative estimate of drug-likeness (QED) is 0.168. The zero-order valence-corrected chi connectivity index (χ0v) is 26.4. The number of nitrogens with zero attached hydrogens (tertiary/aromatic N) is 3. The number of rotatable bonds is 10. The zero-order chi connectivity index (χ0) is 31.7. The van der Waals surface area contributed by atoms with E-state index in [-0.39, 0.29) is 0 Å². The van der Waals surface area contributed by atoms with Crippen molar-refractivity contribution < 1.29 is 14.6 Å². The monoisotopic (exact) mass is 609 g/mol. The van der Waals surface area contributed by atoms with E-state index in [2.05, 4.69) is 79.1 Å². The number of aliphatic carboxylic acids is 1. The Labute approximate surface area is 269 Å². The van der Waals surface area contributed by atoms with Gasteiger partial charge in [0.25, 0.3) is 0 Å². The second-order valence-corrected chi connectivity index (χ2v) is 13.0. The van der Waals surface area contributed by atoms with E-state index >= 15 is 0 Å². The molecule has 7 rings (SSSR count). The van der Waals surface area contributed by atoms with Gasteiger partial charge in [-0.2, -0.15) is 0 Å². The van der Waals surface area contributed by atoms with E-state index in [4.69, 9.17) is 14.7 Å². The van der Waals surface area contributed by atoms with Gasteiger partial charge in [0.05, 0.1) is 27.7 Å². The van der Waals surface area contributed by atoms with Crippen LogP contribution >= 0.6 is 0 Å². The van der Waals surface area contributed by atoms with E-state index in [1.807, 2.05) is 42.5 Å². The number of ether oxygens (including phenoxy) is 1. The van der Waals surface area contributed by atoms with Crippen LogP contribution in [0.2, 0.25) is 0 Å². The molecule has 6 heteroatoms. The summed E-state index contributed by atoms with van der Waals surface area (Å²) in [5.41, 5.74) is 7.65. The lowest BCUT2D eigenvalue weighted by Gasteiger charge is -2.24. The number of hydrogen-bond donors (Lipinski definition) is 1. The number of hydrogen-bond acceptors (Lipinski definition) is 4. The van der Waals surface area contributed by atoms with Crippen molar-refractivity contribution in [3.63, 3.8) is 0 Å². The van der Waals surface area contributed by atoms with Crippen molar-refractivity contribution in [2.75, 3.05) is 0 Å². The molecule has 232 valence electrons. The third kappa shape index (κ3) is 6.00. The summed E-state index contributed by atoms with van der Waals surface area (Å²) in [4.78, 5) is 22.3. The molecule has 4 aromatic carbocycles. The maximum Gasteiger partial charge on any atom is 0.310 e. The van der Waals surface area contributed by atoms with Crippen LogP contribution in [0, 0.1) is 5.41 Å². The molecule has 1 aliphatic carbocycles. The molecule has 1 aliphatic rings. The summed E-state index contributed by atoms with van der Waals surface area (Å²) in [5, 5.41) is 11.4. The first-order chi connectivity index (χ1) is 22.4. The smallest absolute Gasteiger partial charge is 0.310 e. The van der Waals surface area contributed by atoms with Crippen molar-refractivity contribution >= 4 is 27.9 Å². The Morgan fingerprint density at radius 1 is 0.848 bits per heavy atom. The minimum atomic E-state index is -0.772. The molecule has 46 heavy (non-hydrogen) atoms. The lowest BCUT2D eigenvalue weighted by Crippen LogP contribution is -2.31. The van der Waals surface area contributed by atoms with Crippen molar-refractivity contribution in [2.45, 2.75) is 65.0 Å². The summed E-state index contributed by atoms with van der Waals surface area (Å²) in [7, 11) is 0. The van der Waals surface area contributed by atoms with Gasteiger partial charge < -0.3 is 14.4 Å². The lowest BCUT2D eigenvalue weighted by atomic mass is 9.82. The van der Waals surface area contributed by atoms with E-state index in [0.29, 0.717) is 44.1 Å². The Balaban J connectivity index is 1.17. The first-order valence-corrected chi connectivity index (χ1v) is 16.3. The highest BCUT2D eigenvalue weighted by molar-refractivity contribution is 5.80. The van der Waals surface area contributed by atoms with Crippen LogP contribution in [-0.2, 0) is 24.4 Å². The van der Waals surface area contributed by atoms with Crippen molar-refractivity contribution in [1.82, 2.24) is 14.5 Å². The van der Waals surface area contributed by atoms with Gasteiger partial charge in [0.2, 0.25) is 0 Å². The third-order valence-corrected chi connectivity index (χ3v) is 9.56. The Morgan fingerprint density at radius 2 is 1.57 bits per heavy atom. The van der Waals surface area contributed by atoms with Crippen LogP contribution in [0.1, 0.15) is 68.1 Å². The number of carbonyl (C=O) groups is 1. The number of carboxylic acids is 1. The van der Waals surface area contributed by atoms with Crippen molar-refractivity contribution in [3.05, 3.63) is 126 Å². The average Bonchev–Trinajstić information content (AvgIpc) is 3.69. The Bertz CT molecular complexity index is 2000. The van der Waals surface area contributed by atoms with Crippen LogP contribution in [0.4, 0.5) is 0 Å². The predicted octanol–water partition coefficient (Wildman–Crippen LogP) is 9.19. The maximum absolute atomic E-state index is 12.5. The molecule has 0 amide bonds. The van der Waals surface area contributed by atoms with E-state index in [1.54, 1.807) is 0 Å². The van der Waals surface area contributed by atoms with E-state index in [9.17, 15) is 9.90 Å². The molecule has 0 bridgehead atoms. The predicted molar refractivity (Wildman–Crippen MR) is 183 cm³/mol. The van der Waals surface area contributed by atoms with Gasteiger partial charge in [-0.1, -0.05) is 99.5 Å². The SMILES string of the molecule is CC(C)c1ccc(-c2ccc(Cn3c(CC4(C(=O)O)CCCC4)nc4cc(OCc5ccc6ccccc6n5)ccc43)cc2)cc1. The van der Waals surface area contributed by atoms with Crippen molar-refractivity contribution in [2.24, 2.45) is 5.41 Å². The van der Waals surface area contributed by atoms with Gasteiger partial charge in [0.1, 0.15) is 18.2 Å². The van der Waals surface area contributed by atoms with Gasteiger partial charge >= 0.3 is 5.97 Å². The number of aromatic nitrogens is 3. The molecule has 2 heterocycles. The number of carboxylic acid groups (broad SMARTS) is 1. The first kappa shape index (κ1) is 29.7.